The number of aromatic nitrogens is 1. The highest BCUT2D eigenvalue weighted by Gasteiger charge is 2.04. The Morgan fingerprint density at radius 2 is 2.06 bits per heavy atom. The molecule has 0 radical (unpaired) electrons. The first kappa shape index (κ1) is 13.0. The second-order valence-corrected chi connectivity index (χ2v) is 4.26. The molecule has 1 aromatic carbocycles. The Kier molecular flexibility index (Phi) is 4.28. The van der Waals surface area contributed by atoms with Gasteiger partial charge in [-0.15, -0.1) is 0 Å². The molecule has 0 aliphatic heterocycles. The number of rotatable bonds is 3. The molecule has 0 N–H and O–H groups in total. The fourth-order valence-corrected chi connectivity index (χ4v) is 1.77. The van der Waals surface area contributed by atoms with E-state index in [1.807, 2.05) is 0 Å². The van der Waals surface area contributed by atoms with Gasteiger partial charge in [-0.1, -0.05) is 23.2 Å². The average Bonchev–Trinajstić information content (AvgIpc) is 2.35. The van der Waals surface area contributed by atoms with Gasteiger partial charge in [0.15, 0.2) is 0 Å². The Hall–Kier alpha value is -1.45. The summed E-state index contributed by atoms with van der Waals surface area (Å²) in [7, 11) is 0. The Morgan fingerprint density at radius 1 is 1.22 bits per heavy atom. The smallest absolute Gasteiger partial charge is 0.219 e. The topological polar surface area (TPSA) is 34.5 Å². The lowest BCUT2D eigenvalue weighted by atomic mass is 10.3. The van der Waals surface area contributed by atoms with Crippen LogP contribution in [0.1, 0.15) is 0 Å². The number of hydrogen-bond acceptors (Lipinski definition) is 4. The number of thiocarbonyl (C=S) groups is 1. The maximum absolute atomic E-state index is 5.98. The van der Waals surface area contributed by atoms with E-state index in [0.717, 1.165) is 0 Å². The minimum absolute atomic E-state index is 0.405. The molecule has 0 aliphatic rings. The number of hydrogen-bond donors (Lipinski definition) is 0. The van der Waals surface area contributed by atoms with Gasteiger partial charge in [0.1, 0.15) is 5.75 Å². The molecular weight excluding hydrogens is 291 g/mol. The van der Waals surface area contributed by atoms with Crippen LogP contribution in [0.5, 0.6) is 11.6 Å². The van der Waals surface area contributed by atoms with Gasteiger partial charge in [0.25, 0.3) is 0 Å². The van der Waals surface area contributed by atoms with Gasteiger partial charge < -0.3 is 4.74 Å². The van der Waals surface area contributed by atoms with Crippen molar-refractivity contribution in [2.45, 2.75) is 0 Å². The summed E-state index contributed by atoms with van der Waals surface area (Å²) in [6.45, 7) is 0. The van der Waals surface area contributed by atoms with Crippen molar-refractivity contribution in [2.24, 2.45) is 4.99 Å². The van der Waals surface area contributed by atoms with Crippen molar-refractivity contribution in [3.8, 4) is 11.6 Å². The van der Waals surface area contributed by atoms with Crippen molar-refractivity contribution in [1.82, 2.24) is 4.98 Å². The zero-order chi connectivity index (χ0) is 13.0. The van der Waals surface area contributed by atoms with E-state index in [1.54, 1.807) is 30.3 Å². The van der Waals surface area contributed by atoms with E-state index in [1.165, 1.54) is 6.20 Å². The van der Waals surface area contributed by atoms with Gasteiger partial charge in [-0.2, -0.15) is 4.99 Å². The zero-order valence-corrected chi connectivity index (χ0v) is 11.3. The average molecular weight is 297 g/mol. The third-order valence-corrected chi connectivity index (χ3v) is 2.63. The monoisotopic (exact) mass is 296 g/mol. The van der Waals surface area contributed by atoms with E-state index in [-0.39, 0.29) is 0 Å². The molecule has 0 saturated heterocycles. The Morgan fingerprint density at radius 3 is 2.67 bits per heavy atom. The molecule has 0 aliphatic carbocycles. The molecule has 6 heteroatoms. The minimum Gasteiger partial charge on any atom is -0.437 e. The largest absolute Gasteiger partial charge is 0.437 e. The van der Waals surface area contributed by atoms with Crippen LogP contribution in [0.25, 0.3) is 0 Å². The Balaban J connectivity index is 2.20. The fourth-order valence-electron chi connectivity index (χ4n) is 1.22. The van der Waals surface area contributed by atoms with Gasteiger partial charge in [0.2, 0.25) is 5.88 Å². The number of benzene rings is 1. The van der Waals surface area contributed by atoms with Crippen LogP contribution in [0.4, 0.5) is 5.69 Å². The summed E-state index contributed by atoms with van der Waals surface area (Å²) < 4.78 is 5.51. The zero-order valence-electron chi connectivity index (χ0n) is 8.93. The van der Waals surface area contributed by atoms with E-state index in [4.69, 9.17) is 27.9 Å². The van der Waals surface area contributed by atoms with Crippen LogP contribution in [0.3, 0.4) is 0 Å². The number of pyridine rings is 1. The van der Waals surface area contributed by atoms with E-state index >= 15 is 0 Å². The van der Waals surface area contributed by atoms with Crippen LogP contribution in [-0.2, 0) is 0 Å². The van der Waals surface area contributed by atoms with Gasteiger partial charge in [-0.25, -0.2) is 4.98 Å². The van der Waals surface area contributed by atoms with Gasteiger partial charge in [-0.05, 0) is 36.5 Å². The van der Waals surface area contributed by atoms with Gasteiger partial charge in [0, 0.05) is 11.1 Å². The number of nitrogens with zero attached hydrogens (tertiary/aromatic N) is 2. The molecule has 1 aromatic heterocycles. The Labute approximate surface area is 119 Å². The number of halogens is 2. The second kappa shape index (κ2) is 5.94. The lowest BCUT2D eigenvalue weighted by molar-refractivity contribution is 0.463. The predicted molar refractivity (Wildman–Crippen MR) is 75.5 cm³/mol. The SMILES string of the molecule is S=C=Nc1ccc(Oc2ccc(Cl)cc2Cl)nc1. The fraction of sp³-hybridized carbons (Fsp3) is 0. The maximum atomic E-state index is 5.98. The summed E-state index contributed by atoms with van der Waals surface area (Å²) in [6.07, 6.45) is 1.53. The highest BCUT2D eigenvalue weighted by atomic mass is 35.5. The van der Waals surface area contributed by atoms with Gasteiger partial charge >= 0.3 is 0 Å². The quantitative estimate of drug-likeness (QED) is 0.596. The first-order chi connectivity index (χ1) is 8.69. The van der Waals surface area contributed by atoms with E-state index < -0.39 is 0 Å². The normalized spacial score (nSPS) is 9.67. The minimum atomic E-state index is 0.405. The second-order valence-electron chi connectivity index (χ2n) is 3.23. The van der Waals surface area contributed by atoms with Crippen LogP contribution in [0.15, 0.2) is 41.5 Å². The molecule has 90 valence electrons. The van der Waals surface area contributed by atoms with Crippen molar-refractivity contribution < 1.29 is 4.74 Å². The third kappa shape index (κ3) is 3.28. The van der Waals surface area contributed by atoms with E-state index in [9.17, 15) is 0 Å². The molecule has 2 rings (SSSR count). The molecule has 0 unspecified atom stereocenters. The molecule has 3 nitrogen and oxygen atoms in total. The summed E-state index contributed by atoms with van der Waals surface area (Å²) in [4.78, 5) is 7.85. The van der Waals surface area contributed by atoms with Crippen molar-refractivity contribution in [1.29, 1.82) is 0 Å². The Bertz CT molecular complexity index is 610. The number of isothiocyanates is 1. The van der Waals surface area contributed by atoms with E-state index in [2.05, 4.69) is 27.4 Å². The van der Waals surface area contributed by atoms with Crippen LogP contribution in [0.2, 0.25) is 10.0 Å². The maximum Gasteiger partial charge on any atom is 0.219 e. The van der Waals surface area contributed by atoms with E-state index in [0.29, 0.717) is 27.4 Å². The van der Waals surface area contributed by atoms with Crippen LogP contribution in [-0.4, -0.2) is 10.1 Å². The van der Waals surface area contributed by atoms with Crippen molar-refractivity contribution in [3.63, 3.8) is 0 Å². The molecular formula is C12H6Cl2N2OS. The number of aliphatic imine (C=N–C) groups is 1. The van der Waals surface area contributed by atoms with Crippen LogP contribution in [0, 0.1) is 0 Å². The lowest BCUT2D eigenvalue weighted by Crippen LogP contribution is -1.87. The summed E-state index contributed by atoms with van der Waals surface area (Å²) in [6, 6.07) is 8.34. The third-order valence-electron chi connectivity index (χ3n) is 2.00. The molecule has 18 heavy (non-hydrogen) atoms. The summed E-state index contributed by atoms with van der Waals surface area (Å²) in [5.41, 5.74) is 0.611. The molecule has 0 bridgehead atoms. The molecule has 1 heterocycles. The highest BCUT2D eigenvalue weighted by Crippen LogP contribution is 2.31. The highest BCUT2D eigenvalue weighted by molar-refractivity contribution is 7.78. The summed E-state index contributed by atoms with van der Waals surface area (Å²) >= 11 is 16.3. The molecule has 2 aromatic rings. The molecule has 0 saturated carbocycles. The van der Waals surface area contributed by atoms with Crippen LogP contribution < -0.4 is 4.74 Å². The van der Waals surface area contributed by atoms with Crippen molar-refractivity contribution in [3.05, 3.63) is 46.6 Å². The van der Waals surface area contributed by atoms with Crippen LogP contribution >= 0.6 is 35.4 Å². The molecule has 0 spiro atoms. The lowest BCUT2D eigenvalue weighted by Gasteiger charge is -2.06. The predicted octanol–water partition coefficient (Wildman–Crippen LogP) is 4.92. The summed E-state index contributed by atoms with van der Waals surface area (Å²) in [5.74, 6) is 0.891. The molecule has 0 fully saturated rings. The van der Waals surface area contributed by atoms with Gasteiger partial charge in [0.05, 0.1) is 22.1 Å². The summed E-state index contributed by atoms with van der Waals surface area (Å²) in [5, 5.41) is 3.23. The molecule has 0 atom stereocenters. The first-order valence-electron chi connectivity index (χ1n) is 4.86. The van der Waals surface area contributed by atoms with Crippen molar-refractivity contribution >= 4 is 46.3 Å². The standard InChI is InChI=1S/C12H6Cl2N2OS/c13-8-1-3-11(10(14)5-8)17-12-4-2-9(6-15-12)16-7-18/h1-6H. The first-order valence-corrected chi connectivity index (χ1v) is 6.02. The van der Waals surface area contributed by atoms with Crippen molar-refractivity contribution in [2.75, 3.05) is 0 Å². The van der Waals surface area contributed by atoms with Gasteiger partial charge in [-0.3, -0.25) is 0 Å². The number of ether oxygens (including phenoxy) is 1. The molecule has 0 amide bonds.